The Balaban J connectivity index is 1.94. The van der Waals surface area contributed by atoms with Gasteiger partial charge in [-0.3, -0.25) is 19.7 Å². The maximum atomic E-state index is 12.5. The Bertz CT molecular complexity index is 897. The second-order valence-corrected chi connectivity index (χ2v) is 6.28. The molecule has 8 heteroatoms. The van der Waals surface area contributed by atoms with Gasteiger partial charge in [-0.2, -0.15) is 0 Å². The Kier molecular flexibility index (Phi) is 4.37. The van der Waals surface area contributed by atoms with Crippen molar-refractivity contribution >= 4 is 52.0 Å². The summed E-state index contributed by atoms with van der Waals surface area (Å²) in [6.45, 7) is 0. The molecule has 0 unspecified atom stereocenters. The van der Waals surface area contributed by atoms with Crippen LogP contribution in [0.15, 0.2) is 53.4 Å². The van der Waals surface area contributed by atoms with Gasteiger partial charge in [-0.25, -0.2) is 4.90 Å². The summed E-state index contributed by atoms with van der Waals surface area (Å²) in [6.07, 6.45) is 1.46. The number of nitro groups is 1. The van der Waals surface area contributed by atoms with Crippen LogP contribution in [0.4, 0.5) is 16.2 Å². The molecule has 0 atom stereocenters. The van der Waals surface area contributed by atoms with Crippen LogP contribution >= 0.6 is 23.4 Å². The Morgan fingerprint density at radius 3 is 2.58 bits per heavy atom. The SMILES string of the molecule is O=C1S/C(=C/c2cccc([N+](=O)[O-])c2)C(=O)N1c1cccc(Cl)c1. The predicted molar refractivity (Wildman–Crippen MR) is 93.0 cm³/mol. The van der Waals surface area contributed by atoms with E-state index in [1.165, 1.54) is 30.3 Å². The zero-order valence-corrected chi connectivity index (χ0v) is 13.6. The van der Waals surface area contributed by atoms with Gasteiger partial charge in [-0.1, -0.05) is 29.8 Å². The molecule has 0 aromatic heterocycles. The molecule has 1 fully saturated rings. The van der Waals surface area contributed by atoms with Gasteiger partial charge in [0, 0.05) is 17.2 Å². The van der Waals surface area contributed by atoms with Gasteiger partial charge in [0.2, 0.25) is 0 Å². The standard InChI is InChI=1S/C16H9ClN2O4S/c17-11-4-2-5-12(9-11)18-15(20)14(24-16(18)21)8-10-3-1-6-13(7-10)19(22)23/h1-9H/b14-8+. The largest absolute Gasteiger partial charge is 0.298 e. The van der Waals surface area contributed by atoms with E-state index in [0.29, 0.717) is 16.3 Å². The van der Waals surface area contributed by atoms with E-state index in [9.17, 15) is 19.7 Å². The molecule has 2 amide bonds. The number of benzene rings is 2. The molecule has 3 rings (SSSR count). The van der Waals surface area contributed by atoms with Crippen LogP contribution in [0, 0.1) is 10.1 Å². The third-order valence-electron chi connectivity index (χ3n) is 3.24. The van der Waals surface area contributed by atoms with Gasteiger partial charge in [-0.05, 0) is 41.6 Å². The van der Waals surface area contributed by atoms with Crippen molar-refractivity contribution in [2.24, 2.45) is 0 Å². The number of hydrogen-bond donors (Lipinski definition) is 0. The first-order valence-electron chi connectivity index (χ1n) is 6.74. The van der Waals surface area contributed by atoms with Crippen LogP contribution in [-0.4, -0.2) is 16.1 Å². The number of hydrogen-bond acceptors (Lipinski definition) is 5. The summed E-state index contributed by atoms with van der Waals surface area (Å²) in [7, 11) is 0. The fourth-order valence-corrected chi connectivity index (χ4v) is 3.21. The maximum absolute atomic E-state index is 12.5. The van der Waals surface area contributed by atoms with E-state index in [1.807, 2.05) is 0 Å². The topological polar surface area (TPSA) is 80.5 Å². The minimum absolute atomic E-state index is 0.0854. The molecule has 0 aliphatic carbocycles. The molecule has 0 bridgehead atoms. The Morgan fingerprint density at radius 2 is 1.88 bits per heavy atom. The molecule has 1 aliphatic heterocycles. The number of thioether (sulfide) groups is 1. The summed E-state index contributed by atoms with van der Waals surface area (Å²) < 4.78 is 0. The zero-order valence-electron chi connectivity index (χ0n) is 12.0. The molecule has 1 saturated heterocycles. The van der Waals surface area contributed by atoms with Gasteiger partial charge in [0.1, 0.15) is 0 Å². The minimum Gasteiger partial charge on any atom is -0.268 e. The van der Waals surface area contributed by atoms with Crippen molar-refractivity contribution in [1.82, 2.24) is 0 Å². The molecule has 6 nitrogen and oxygen atoms in total. The molecule has 0 spiro atoms. The highest BCUT2D eigenvalue weighted by Gasteiger charge is 2.36. The van der Waals surface area contributed by atoms with Crippen LogP contribution < -0.4 is 4.90 Å². The number of carbonyl (C=O) groups excluding carboxylic acids is 2. The summed E-state index contributed by atoms with van der Waals surface area (Å²) in [4.78, 5) is 36.2. The summed E-state index contributed by atoms with van der Waals surface area (Å²) in [6, 6.07) is 12.3. The second-order valence-electron chi connectivity index (χ2n) is 4.85. The van der Waals surface area contributed by atoms with E-state index in [0.717, 1.165) is 16.7 Å². The van der Waals surface area contributed by atoms with Crippen LogP contribution in [0.5, 0.6) is 0 Å². The van der Waals surface area contributed by atoms with Gasteiger partial charge in [-0.15, -0.1) is 0 Å². The highest BCUT2D eigenvalue weighted by atomic mass is 35.5. The van der Waals surface area contributed by atoms with Crippen LogP contribution in [0.25, 0.3) is 6.08 Å². The first kappa shape index (κ1) is 16.2. The number of nitrogens with zero attached hydrogens (tertiary/aromatic N) is 2. The fourth-order valence-electron chi connectivity index (χ4n) is 2.19. The van der Waals surface area contributed by atoms with Crippen molar-refractivity contribution in [3.05, 3.63) is 74.1 Å². The van der Waals surface area contributed by atoms with Crippen LogP contribution in [0.1, 0.15) is 5.56 Å². The summed E-state index contributed by atoms with van der Waals surface area (Å²) in [5.74, 6) is -0.487. The van der Waals surface area contributed by atoms with Gasteiger partial charge >= 0.3 is 0 Å². The lowest BCUT2D eigenvalue weighted by Crippen LogP contribution is -2.27. The number of non-ortho nitro benzene ring substituents is 1. The number of nitro benzene ring substituents is 1. The third kappa shape index (κ3) is 3.17. The number of rotatable bonds is 3. The molecule has 2 aromatic rings. The van der Waals surface area contributed by atoms with E-state index in [2.05, 4.69) is 0 Å². The molecule has 0 N–H and O–H groups in total. The molecule has 120 valence electrons. The first-order valence-corrected chi connectivity index (χ1v) is 7.93. The average molecular weight is 361 g/mol. The smallest absolute Gasteiger partial charge is 0.268 e. The fraction of sp³-hybridized carbons (Fsp3) is 0. The van der Waals surface area contributed by atoms with Crippen molar-refractivity contribution in [3.8, 4) is 0 Å². The third-order valence-corrected chi connectivity index (χ3v) is 4.34. The van der Waals surface area contributed by atoms with E-state index in [1.54, 1.807) is 24.3 Å². The van der Waals surface area contributed by atoms with Gasteiger partial charge in [0.05, 0.1) is 15.5 Å². The molecule has 0 radical (unpaired) electrons. The highest BCUT2D eigenvalue weighted by molar-refractivity contribution is 8.19. The Hall–Kier alpha value is -2.64. The first-order chi connectivity index (χ1) is 11.5. The zero-order chi connectivity index (χ0) is 17.3. The molecule has 1 heterocycles. The monoisotopic (exact) mass is 360 g/mol. The van der Waals surface area contributed by atoms with Crippen LogP contribution in [0.2, 0.25) is 5.02 Å². The molecule has 2 aromatic carbocycles. The number of halogens is 1. The maximum Gasteiger partial charge on any atom is 0.298 e. The minimum atomic E-state index is -0.519. The van der Waals surface area contributed by atoms with Gasteiger partial charge in [0.15, 0.2) is 0 Å². The van der Waals surface area contributed by atoms with Crippen molar-refractivity contribution in [3.63, 3.8) is 0 Å². The lowest BCUT2D eigenvalue weighted by Gasteiger charge is -2.12. The van der Waals surface area contributed by atoms with Gasteiger partial charge < -0.3 is 0 Å². The number of carbonyl (C=O) groups is 2. The summed E-state index contributed by atoms with van der Waals surface area (Å²) >= 11 is 6.67. The number of anilines is 1. The van der Waals surface area contributed by atoms with E-state index in [4.69, 9.17) is 11.6 Å². The highest BCUT2D eigenvalue weighted by Crippen LogP contribution is 2.36. The molecular weight excluding hydrogens is 352 g/mol. The predicted octanol–water partition coefficient (Wildman–Crippen LogP) is 4.49. The molecule has 24 heavy (non-hydrogen) atoms. The molecule has 1 aliphatic rings. The van der Waals surface area contributed by atoms with E-state index in [-0.39, 0.29) is 10.6 Å². The van der Waals surface area contributed by atoms with Crippen molar-refractivity contribution < 1.29 is 14.5 Å². The van der Waals surface area contributed by atoms with E-state index < -0.39 is 16.1 Å². The van der Waals surface area contributed by atoms with Gasteiger partial charge in [0.25, 0.3) is 16.8 Å². The molecular formula is C16H9ClN2O4S. The van der Waals surface area contributed by atoms with Crippen molar-refractivity contribution in [2.45, 2.75) is 0 Å². The summed E-state index contributed by atoms with van der Waals surface area (Å²) in [5, 5.41) is 10.8. The lowest BCUT2D eigenvalue weighted by atomic mass is 10.2. The second kappa shape index (κ2) is 6.46. The normalized spacial score (nSPS) is 16.0. The van der Waals surface area contributed by atoms with Crippen LogP contribution in [0.3, 0.4) is 0 Å². The summed E-state index contributed by atoms with van der Waals surface area (Å²) in [5.41, 5.74) is 0.769. The van der Waals surface area contributed by atoms with Crippen molar-refractivity contribution in [2.75, 3.05) is 4.90 Å². The van der Waals surface area contributed by atoms with Crippen molar-refractivity contribution in [1.29, 1.82) is 0 Å². The van der Waals surface area contributed by atoms with Crippen LogP contribution in [-0.2, 0) is 4.79 Å². The molecule has 0 saturated carbocycles. The quantitative estimate of drug-likeness (QED) is 0.457. The average Bonchev–Trinajstić information content (AvgIpc) is 2.81. The lowest BCUT2D eigenvalue weighted by molar-refractivity contribution is -0.384. The number of amides is 2. The van der Waals surface area contributed by atoms with E-state index >= 15 is 0 Å². The Morgan fingerprint density at radius 1 is 1.12 bits per heavy atom. The number of imide groups is 1. The Labute approximate surface area is 145 Å².